The molecule has 14 heavy (non-hydrogen) atoms. The van der Waals surface area contributed by atoms with E-state index >= 15 is 0 Å². The number of halogens is 2. The summed E-state index contributed by atoms with van der Waals surface area (Å²) in [6.45, 7) is 1.66. The SMILES string of the molecule is Cc1cc(Cl)c(Cl)cc1C(O)C(=O)O. The van der Waals surface area contributed by atoms with Crippen LogP contribution >= 0.6 is 23.2 Å². The summed E-state index contributed by atoms with van der Waals surface area (Å²) in [4.78, 5) is 10.5. The molecule has 3 nitrogen and oxygen atoms in total. The van der Waals surface area contributed by atoms with Gasteiger partial charge in [-0.05, 0) is 30.2 Å². The van der Waals surface area contributed by atoms with Gasteiger partial charge in [0.25, 0.3) is 0 Å². The number of rotatable bonds is 2. The van der Waals surface area contributed by atoms with Gasteiger partial charge in [0.05, 0.1) is 10.0 Å². The van der Waals surface area contributed by atoms with Crippen molar-refractivity contribution in [1.82, 2.24) is 0 Å². The first-order valence-electron chi connectivity index (χ1n) is 3.80. The third kappa shape index (κ3) is 2.18. The number of aliphatic carboxylic acids is 1. The Kier molecular flexibility index (Phi) is 3.37. The van der Waals surface area contributed by atoms with E-state index in [0.29, 0.717) is 10.6 Å². The van der Waals surface area contributed by atoms with Crippen molar-refractivity contribution < 1.29 is 15.0 Å². The molecule has 1 aromatic rings. The number of hydrogen-bond donors (Lipinski definition) is 2. The molecule has 1 rings (SSSR count). The zero-order valence-electron chi connectivity index (χ0n) is 7.29. The Morgan fingerprint density at radius 2 is 1.86 bits per heavy atom. The van der Waals surface area contributed by atoms with Gasteiger partial charge in [0.2, 0.25) is 0 Å². The Bertz CT molecular complexity index is 377. The summed E-state index contributed by atoms with van der Waals surface area (Å²) in [6, 6.07) is 2.88. The second-order valence-electron chi connectivity index (χ2n) is 2.86. The number of aliphatic hydroxyl groups excluding tert-OH is 1. The van der Waals surface area contributed by atoms with Crippen LogP contribution in [-0.2, 0) is 4.79 Å². The van der Waals surface area contributed by atoms with E-state index < -0.39 is 12.1 Å². The minimum atomic E-state index is -1.57. The summed E-state index contributed by atoms with van der Waals surface area (Å²) >= 11 is 11.4. The highest BCUT2D eigenvalue weighted by Gasteiger charge is 2.19. The number of aliphatic hydroxyl groups is 1. The molecule has 2 N–H and O–H groups in total. The number of aryl methyl sites for hydroxylation is 1. The summed E-state index contributed by atoms with van der Waals surface area (Å²) in [5.74, 6) is -1.31. The molecule has 0 saturated carbocycles. The van der Waals surface area contributed by atoms with Gasteiger partial charge >= 0.3 is 5.97 Å². The molecule has 1 aromatic carbocycles. The van der Waals surface area contributed by atoms with Gasteiger partial charge in [-0.25, -0.2) is 4.79 Å². The van der Waals surface area contributed by atoms with Crippen LogP contribution in [0.3, 0.4) is 0 Å². The average Bonchev–Trinajstić information content (AvgIpc) is 2.10. The van der Waals surface area contributed by atoms with Crippen molar-refractivity contribution in [2.24, 2.45) is 0 Å². The molecular formula is C9H8Cl2O3. The largest absolute Gasteiger partial charge is 0.479 e. The van der Waals surface area contributed by atoms with Crippen LogP contribution in [0.4, 0.5) is 0 Å². The number of benzene rings is 1. The molecule has 0 aliphatic rings. The number of hydrogen-bond acceptors (Lipinski definition) is 2. The summed E-state index contributed by atoms with van der Waals surface area (Å²) in [7, 11) is 0. The molecule has 0 fully saturated rings. The van der Waals surface area contributed by atoms with E-state index in [-0.39, 0.29) is 10.6 Å². The van der Waals surface area contributed by atoms with Crippen molar-refractivity contribution in [2.75, 3.05) is 0 Å². The molecule has 5 heteroatoms. The smallest absolute Gasteiger partial charge is 0.337 e. The van der Waals surface area contributed by atoms with Crippen molar-refractivity contribution in [2.45, 2.75) is 13.0 Å². The van der Waals surface area contributed by atoms with Gasteiger partial charge in [0.1, 0.15) is 0 Å². The van der Waals surface area contributed by atoms with E-state index in [1.165, 1.54) is 12.1 Å². The van der Waals surface area contributed by atoms with Gasteiger partial charge in [-0.2, -0.15) is 0 Å². The van der Waals surface area contributed by atoms with E-state index in [1.807, 2.05) is 0 Å². The fourth-order valence-electron chi connectivity index (χ4n) is 1.09. The molecular weight excluding hydrogens is 227 g/mol. The Morgan fingerprint density at radius 3 is 2.36 bits per heavy atom. The van der Waals surface area contributed by atoms with Gasteiger partial charge < -0.3 is 10.2 Å². The van der Waals surface area contributed by atoms with E-state index in [4.69, 9.17) is 28.3 Å². The molecule has 0 aliphatic carbocycles. The Labute approximate surface area is 90.9 Å². The summed E-state index contributed by atoms with van der Waals surface area (Å²) in [5, 5.41) is 18.5. The van der Waals surface area contributed by atoms with Crippen molar-refractivity contribution in [3.05, 3.63) is 33.3 Å². The highest BCUT2D eigenvalue weighted by atomic mass is 35.5. The maximum Gasteiger partial charge on any atom is 0.337 e. The highest BCUT2D eigenvalue weighted by Crippen LogP contribution is 2.28. The van der Waals surface area contributed by atoms with Crippen LogP contribution in [0, 0.1) is 6.92 Å². The lowest BCUT2D eigenvalue weighted by atomic mass is 10.0. The van der Waals surface area contributed by atoms with Gasteiger partial charge in [-0.3, -0.25) is 0 Å². The summed E-state index contributed by atoms with van der Waals surface area (Å²) in [6.07, 6.45) is -1.57. The molecule has 0 bridgehead atoms. The third-order valence-electron chi connectivity index (χ3n) is 1.84. The maximum atomic E-state index is 10.5. The quantitative estimate of drug-likeness (QED) is 0.827. The summed E-state index contributed by atoms with van der Waals surface area (Å²) in [5.41, 5.74) is 0.848. The molecule has 0 saturated heterocycles. The molecule has 0 spiro atoms. The predicted octanol–water partition coefficient (Wildman–Crippen LogP) is 2.42. The molecule has 0 radical (unpaired) electrons. The third-order valence-corrected chi connectivity index (χ3v) is 2.56. The van der Waals surface area contributed by atoms with Gasteiger partial charge in [0, 0.05) is 0 Å². The van der Waals surface area contributed by atoms with Crippen molar-refractivity contribution in [3.63, 3.8) is 0 Å². The lowest BCUT2D eigenvalue weighted by Gasteiger charge is -2.10. The second-order valence-corrected chi connectivity index (χ2v) is 3.68. The Hall–Kier alpha value is -0.770. The van der Waals surface area contributed by atoms with E-state index in [2.05, 4.69) is 0 Å². The van der Waals surface area contributed by atoms with Crippen LogP contribution in [0.2, 0.25) is 10.0 Å². The van der Waals surface area contributed by atoms with Crippen molar-refractivity contribution in [3.8, 4) is 0 Å². The first-order valence-corrected chi connectivity index (χ1v) is 4.55. The molecule has 1 atom stereocenters. The van der Waals surface area contributed by atoms with Crippen LogP contribution in [0.5, 0.6) is 0 Å². The normalized spacial score (nSPS) is 12.6. The highest BCUT2D eigenvalue weighted by molar-refractivity contribution is 6.42. The molecule has 0 aliphatic heterocycles. The molecule has 76 valence electrons. The first kappa shape index (κ1) is 11.3. The van der Waals surface area contributed by atoms with Gasteiger partial charge in [0.15, 0.2) is 6.10 Å². The minimum absolute atomic E-state index is 0.229. The van der Waals surface area contributed by atoms with Gasteiger partial charge in [-0.15, -0.1) is 0 Å². The van der Waals surface area contributed by atoms with Gasteiger partial charge in [-0.1, -0.05) is 23.2 Å². The van der Waals surface area contributed by atoms with Crippen LogP contribution in [0.15, 0.2) is 12.1 Å². The molecule has 0 aromatic heterocycles. The number of carbonyl (C=O) groups is 1. The Morgan fingerprint density at radius 1 is 1.36 bits per heavy atom. The van der Waals surface area contributed by atoms with Crippen molar-refractivity contribution >= 4 is 29.2 Å². The minimum Gasteiger partial charge on any atom is -0.479 e. The lowest BCUT2D eigenvalue weighted by Crippen LogP contribution is -2.11. The zero-order valence-corrected chi connectivity index (χ0v) is 8.80. The van der Waals surface area contributed by atoms with Crippen LogP contribution in [0.25, 0.3) is 0 Å². The number of carboxylic acids is 1. The predicted molar refractivity (Wildman–Crippen MR) is 53.8 cm³/mol. The molecule has 0 amide bonds. The molecule has 1 unspecified atom stereocenters. The topological polar surface area (TPSA) is 57.5 Å². The van der Waals surface area contributed by atoms with Crippen LogP contribution < -0.4 is 0 Å². The Balaban J connectivity index is 3.22. The van der Waals surface area contributed by atoms with Crippen LogP contribution in [-0.4, -0.2) is 16.2 Å². The van der Waals surface area contributed by atoms with E-state index in [1.54, 1.807) is 6.92 Å². The van der Waals surface area contributed by atoms with Crippen molar-refractivity contribution in [1.29, 1.82) is 0 Å². The fourth-order valence-corrected chi connectivity index (χ4v) is 1.48. The maximum absolute atomic E-state index is 10.5. The monoisotopic (exact) mass is 234 g/mol. The second kappa shape index (κ2) is 4.17. The lowest BCUT2D eigenvalue weighted by molar-refractivity contribution is -0.147. The van der Waals surface area contributed by atoms with Crippen LogP contribution in [0.1, 0.15) is 17.2 Å². The number of carboxylic acid groups (broad SMARTS) is 1. The molecule has 0 heterocycles. The fraction of sp³-hybridized carbons (Fsp3) is 0.222. The van der Waals surface area contributed by atoms with E-state index in [0.717, 1.165) is 0 Å². The zero-order chi connectivity index (χ0) is 10.9. The van der Waals surface area contributed by atoms with E-state index in [9.17, 15) is 9.90 Å². The first-order chi connectivity index (χ1) is 6.43. The average molecular weight is 235 g/mol. The standard InChI is InChI=1S/C9H8Cl2O3/c1-4-2-6(10)7(11)3-5(4)8(12)9(13)14/h2-3,8,12H,1H3,(H,13,14). The summed E-state index contributed by atoms with van der Waals surface area (Å²) < 4.78 is 0.